The van der Waals surface area contributed by atoms with Crippen molar-refractivity contribution in [1.82, 2.24) is 14.4 Å². The second-order valence-corrected chi connectivity index (χ2v) is 3.56. The van der Waals surface area contributed by atoms with Crippen molar-refractivity contribution in [3.05, 3.63) is 18.6 Å². The summed E-state index contributed by atoms with van der Waals surface area (Å²) in [4.78, 5) is 10.5. The van der Waals surface area contributed by atoms with Crippen LogP contribution in [0, 0.1) is 0 Å². The molecule has 0 aliphatic rings. The number of nitrogen functional groups attached to an aromatic ring is 1. The Morgan fingerprint density at radius 1 is 1.56 bits per heavy atom. The number of anilines is 2. The molecule has 0 aliphatic carbocycles. The van der Waals surface area contributed by atoms with Crippen LogP contribution in [0.5, 0.6) is 0 Å². The molecule has 2 rings (SSSR count). The fourth-order valence-electron chi connectivity index (χ4n) is 1.52. The Morgan fingerprint density at radius 3 is 3.12 bits per heavy atom. The normalized spacial score (nSPS) is 10.9. The molecule has 6 nitrogen and oxygen atoms in total. The van der Waals surface area contributed by atoms with Crippen molar-refractivity contribution in [2.75, 3.05) is 37.9 Å². The van der Waals surface area contributed by atoms with Crippen LogP contribution < -0.4 is 10.6 Å². The molecule has 0 unspecified atom stereocenters. The summed E-state index contributed by atoms with van der Waals surface area (Å²) >= 11 is 0. The van der Waals surface area contributed by atoms with E-state index in [1.807, 2.05) is 22.5 Å². The highest BCUT2D eigenvalue weighted by Gasteiger charge is 2.10. The maximum Gasteiger partial charge on any atom is 0.180 e. The summed E-state index contributed by atoms with van der Waals surface area (Å²) in [6.07, 6.45) is 5.32. The van der Waals surface area contributed by atoms with Crippen LogP contribution in [-0.4, -0.2) is 41.7 Å². The first-order valence-electron chi connectivity index (χ1n) is 5.01. The predicted molar refractivity (Wildman–Crippen MR) is 62.5 cm³/mol. The molecule has 0 amide bonds. The lowest BCUT2D eigenvalue weighted by Gasteiger charge is -2.18. The van der Waals surface area contributed by atoms with Crippen LogP contribution in [0.1, 0.15) is 0 Å². The van der Waals surface area contributed by atoms with Gasteiger partial charge in [0, 0.05) is 33.1 Å². The maximum absolute atomic E-state index is 5.73. The maximum atomic E-state index is 5.73. The lowest BCUT2D eigenvalue weighted by atomic mass is 10.5. The Hall–Kier alpha value is -1.82. The van der Waals surface area contributed by atoms with Crippen molar-refractivity contribution in [1.29, 1.82) is 0 Å². The molecule has 2 N–H and O–H groups in total. The minimum Gasteiger partial charge on any atom is -0.383 e. The van der Waals surface area contributed by atoms with Crippen LogP contribution in [0.4, 0.5) is 11.6 Å². The number of rotatable bonds is 4. The van der Waals surface area contributed by atoms with Gasteiger partial charge in [0.25, 0.3) is 0 Å². The lowest BCUT2D eigenvalue weighted by molar-refractivity contribution is 0.206. The number of imidazole rings is 1. The van der Waals surface area contributed by atoms with Crippen molar-refractivity contribution in [2.24, 2.45) is 0 Å². The Balaban J connectivity index is 2.38. The summed E-state index contributed by atoms with van der Waals surface area (Å²) in [5.74, 6) is 1.24. The molecular formula is C10H15N5O. The smallest absolute Gasteiger partial charge is 0.180 e. The predicted octanol–water partition coefficient (Wildman–Crippen LogP) is 0.394. The van der Waals surface area contributed by atoms with Crippen molar-refractivity contribution < 1.29 is 4.74 Å². The van der Waals surface area contributed by atoms with E-state index in [0.717, 1.165) is 18.0 Å². The molecule has 2 heterocycles. The number of aromatic nitrogens is 3. The van der Waals surface area contributed by atoms with E-state index in [1.165, 1.54) is 0 Å². The van der Waals surface area contributed by atoms with Gasteiger partial charge >= 0.3 is 0 Å². The molecule has 0 spiro atoms. The summed E-state index contributed by atoms with van der Waals surface area (Å²) in [6.45, 7) is 1.38. The molecule has 0 radical (unpaired) electrons. The zero-order valence-corrected chi connectivity index (χ0v) is 9.42. The van der Waals surface area contributed by atoms with E-state index in [9.17, 15) is 0 Å². The van der Waals surface area contributed by atoms with E-state index in [4.69, 9.17) is 10.5 Å². The minimum absolute atomic E-state index is 0.477. The van der Waals surface area contributed by atoms with E-state index in [-0.39, 0.29) is 0 Å². The van der Waals surface area contributed by atoms with Crippen LogP contribution >= 0.6 is 0 Å². The number of ether oxygens (including phenoxy) is 1. The summed E-state index contributed by atoms with van der Waals surface area (Å²) in [5, 5.41) is 0. The molecule has 0 bridgehead atoms. The molecule has 0 atom stereocenters. The third-order valence-corrected chi connectivity index (χ3v) is 2.37. The second kappa shape index (κ2) is 4.36. The molecule has 0 aliphatic heterocycles. The van der Waals surface area contributed by atoms with Gasteiger partial charge in [-0.2, -0.15) is 0 Å². The number of hydrogen-bond acceptors (Lipinski definition) is 5. The highest BCUT2D eigenvalue weighted by Crippen LogP contribution is 2.17. The van der Waals surface area contributed by atoms with Crippen LogP contribution in [0.2, 0.25) is 0 Å². The average Bonchev–Trinajstić information content (AvgIpc) is 2.72. The van der Waals surface area contributed by atoms with Crippen LogP contribution in [0.25, 0.3) is 5.65 Å². The third kappa shape index (κ3) is 1.92. The van der Waals surface area contributed by atoms with Crippen molar-refractivity contribution in [3.8, 4) is 0 Å². The van der Waals surface area contributed by atoms with Gasteiger partial charge in [-0.05, 0) is 0 Å². The van der Waals surface area contributed by atoms with Crippen molar-refractivity contribution in [3.63, 3.8) is 0 Å². The fourth-order valence-corrected chi connectivity index (χ4v) is 1.52. The average molecular weight is 221 g/mol. The molecule has 0 aromatic carbocycles. The molecule has 2 aromatic rings. The molecular weight excluding hydrogens is 206 g/mol. The summed E-state index contributed by atoms with van der Waals surface area (Å²) < 4.78 is 6.89. The third-order valence-electron chi connectivity index (χ3n) is 2.37. The highest BCUT2D eigenvalue weighted by atomic mass is 16.5. The van der Waals surface area contributed by atoms with E-state index in [1.54, 1.807) is 19.5 Å². The summed E-state index contributed by atoms with van der Waals surface area (Å²) in [6, 6.07) is 0. The number of likely N-dealkylation sites (N-methyl/N-ethyl adjacent to an activating group) is 1. The Bertz CT molecular complexity index is 481. The number of fused-ring (bicyclic) bond motifs is 1. The molecule has 6 heteroatoms. The van der Waals surface area contributed by atoms with Crippen molar-refractivity contribution >= 4 is 17.3 Å². The minimum atomic E-state index is 0.477. The van der Waals surface area contributed by atoms with Crippen molar-refractivity contribution in [2.45, 2.75) is 0 Å². The number of nitrogens with zero attached hydrogens (tertiary/aromatic N) is 4. The highest BCUT2D eigenvalue weighted by molar-refractivity contribution is 5.65. The Kier molecular flexibility index (Phi) is 2.91. The molecule has 0 saturated carbocycles. The molecule has 0 saturated heterocycles. The first-order chi connectivity index (χ1) is 7.72. The quantitative estimate of drug-likeness (QED) is 0.809. The van der Waals surface area contributed by atoms with Crippen LogP contribution in [0.3, 0.4) is 0 Å². The topological polar surface area (TPSA) is 68.7 Å². The first kappa shape index (κ1) is 10.7. The Labute approximate surface area is 93.7 Å². The van der Waals surface area contributed by atoms with Gasteiger partial charge in [-0.3, -0.25) is 0 Å². The van der Waals surface area contributed by atoms with E-state index >= 15 is 0 Å². The fraction of sp³-hybridized carbons (Fsp3) is 0.400. The standard InChI is InChI=1S/C10H15N5O/c1-14(5-6-16-2)10-9-12-3-4-15(9)7-8(11)13-10/h3-4,7H,5-6,11H2,1-2H3. The lowest BCUT2D eigenvalue weighted by Crippen LogP contribution is -2.24. The van der Waals surface area contributed by atoms with Gasteiger partial charge in [-0.1, -0.05) is 0 Å². The Morgan fingerprint density at radius 2 is 2.38 bits per heavy atom. The van der Waals surface area contributed by atoms with Gasteiger partial charge in [-0.25, -0.2) is 9.97 Å². The zero-order chi connectivity index (χ0) is 11.5. The molecule has 0 fully saturated rings. The largest absolute Gasteiger partial charge is 0.383 e. The van der Waals surface area contributed by atoms with E-state index < -0.39 is 0 Å². The first-order valence-corrected chi connectivity index (χ1v) is 5.01. The molecule has 2 aromatic heterocycles. The number of nitrogens with two attached hydrogens (primary N) is 1. The zero-order valence-electron chi connectivity index (χ0n) is 9.42. The molecule has 86 valence electrons. The van der Waals surface area contributed by atoms with Gasteiger partial charge in [0.15, 0.2) is 11.5 Å². The van der Waals surface area contributed by atoms with Crippen LogP contribution in [0.15, 0.2) is 18.6 Å². The summed E-state index contributed by atoms with van der Waals surface area (Å²) in [5.41, 5.74) is 6.53. The van der Waals surface area contributed by atoms with E-state index in [0.29, 0.717) is 12.4 Å². The SMILES string of the molecule is COCCN(C)c1nc(N)cn2ccnc12. The summed E-state index contributed by atoms with van der Waals surface area (Å²) in [7, 11) is 3.61. The molecule has 16 heavy (non-hydrogen) atoms. The van der Waals surface area contributed by atoms with Gasteiger partial charge in [0.1, 0.15) is 5.82 Å². The second-order valence-electron chi connectivity index (χ2n) is 3.56. The van der Waals surface area contributed by atoms with E-state index in [2.05, 4.69) is 9.97 Å². The van der Waals surface area contributed by atoms with Gasteiger partial charge < -0.3 is 19.8 Å². The number of hydrogen-bond donors (Lipinski definition) is 1. The van der Waals surface area contributed by atoms with Gasteiger partial charge in [0.2, 0.25) is 0 Å². The van der Waals surface area contributed by atoms with Crippen LogP contribution in [-0.2, 0) is 4.74 Å². The van der Waals surface area contributed by atoms with Gasteiger partial charge in [-0.15, -0.1) is 0 Å². The monoisotopic (exact) mass is 221 g/mol. The van der Waals surface area contributed by atoms with Gasteiger partial charge in [0.05, 0.1) is 12.8 Å². The number of methoxy groups -OCH3 is 1.